The number of amides is 2. The lowest BCUT2D eigenvalue weighted by molar-refractivity contribution is -0.384. The van der Waals surface area contributed by atoms with Gasteiger partial charge in [-0.1, -0.05) is 6.07 Å². The number of nitrogens with zero attached hydrogens (tertiary/aromatic N) is 2. The van der Waals surface area contributed by atoms with Crippen LogP contribution in [0.2, 0.25) is 0 Å². The summed E-state index contributed by atoms with van der Waals surface area (Å²) in [5.41, 5.74) is 1.31. The topological polar surface area (TPSA) is 122 Å². The summed E-state index contributed by atoms with van der Waals surface area (Å²) in [7, 11) is 1.51. The standard InChI is InChI=1S/C19H19N3O6/c1-11-3-6-17(28-2)15(7-11)21-10-12(8-18(21)24)19(25)20-14-5-4-13(22(26)27)9-16(14)23/h3-7,9,12,23H,8,10H2,1-2H3,(H,20,25). The molecule has 0 spiro atoms. The molecule has 1 heterocycles. The number of methoxy groups -OCH3 is 1. The summed E-state index contributed by atoms with van der Waals surface area (Å²) >= 11 is 0. The van der Waals surface area contributed by atoms with Crippen molar-refractivity contribution in [2.75, 3.05) is 23.9 Å². The fourth-order valence-electron chi connectivity index (χ4n) is 3.10. The van der Waals surface area contributed by atoms with E-state index < -0.39 is 22.5 Å². The fraction of sp³-hybridized carbons (Fsp3) is 0.263. The molecule has 2 aromatic carbocycles. The molecule has 9 heteroatoms. The number of nitro groups is 1. The Morgan fingerprint density at radius 1 is 1.32 bits per heavy atom. The van der Waals surface area contributed by atoms with Crippen LogP contribution in [-0.4, -0.2) is 35.5 Å². The SMILES string of the molecule is COc1ccc(C)cc1N1CC(C(=O)Nc2ccc([N+](=O)[O-])cc2O)CC1=O. The number of rotatable bonds is 5. The average molecular weight is 385 g/mol. The van der Waals surface area contributed by atoms with Gasteiger partial charge in [0.05, 0.1) is 35.4 Å². The third-order valence-corrected chi connectivity index (χ3v) is 4.57. The molecule has 1 atom stereocenters. The quantitative estimate of drug-likeness (QED) is 0.463. The number of hydrogen-bond donors (Lipinski definition) is 2. The zero-order chi connectivity index (χ0) is 20.4. The molecule has 9 nitrogen and oxygen atoms in total. The summed E-state index contributed by atoms with van der Waals surface area (Å²) in [6, 6.07) is 8.84. The van der Waals surface area contributed by atoms with Crippen molar-refractivity contribution >= 4 is 28.9 Å². The number of phenolic OH excluding ortho intramolecular Hbond substituents is 1. The van der Waals surface area contributed by atoms with Crippen molar-refractivity contribution < 1.29 is 24.4 Å². The molecule has 2 aromatic rings. The molecule has 0 radical (unpaired) electrons. The highest BCUT2D eigenvalue weighted by molar-refractivity contribution is 6.04. The first-order valence-electron chi connectivity index (χ1n) is 8.53. The van der Waals surface area contributed by atoms with Crippen molar-refractivity contribution in [3.8, 4) is 11.5 Å². The van der Waals surface area contributed by atoms with Gasteiger partial charge in [-0.2, -0.15) is 0 Å². The number of phenols is 1. The summed E-state index contributed by atoms with van der Waals surface area (Å²) in [6.45, 7) is 2.06. The maximum Gasteiger partial charge on any atom is 0.273 e. The molecule has 1 fully saturated rings. The van der Waals surface area contributed by atoms with Crippen LogP contribution in [0.15, 0.2) is 36.4 Å². The van der Waals surface area contributed by atoms with Gasteiger partial charge in [-0.05, 0) is 30.7 Å². The number of nitrogens with one attached hydrogen (secondary N) is 1. The minimum Gasteiger partial charge on any atom is -0.506 e. The summed E-state index contributed by atoms with van der Waals surface area (Å²) in [4.78, 5) is 36.6. The average Bonchev–Trinajstić information content (AvgIpc) is 3.04. The van der Waals surface area contributed by atoms with Crippen LogP contribution in [0.1, 0.15) is 12.0 Å². The molecule has 0 saturated carbocycles. The molecule has 0 bridgehead atoms. The number of aryl methyl sites for hydroxylation is 1. The highest BCUT2D eigenvalue weighted by Gasteiger charge is 2.36. The molecule has 0 aliphatic carbocycles. The van der Waals surface area contributed by atoms with E-state index in [1.54, 1.807) is 6.07 Å². The van der Waals surface area contributed by atoms with E-state index in [0.29, 0.717) is 11.4 Å². The van der Waals surface area contributed by atoms with Gasteiger partial charge in [0.1, 0.15) is 11.5 Å². The number of anilines is 2. The summed E-state index contributed by atoms with van der Waals surface area (Å²) < 4.78 is 5.32. The molecule has 28 heavy (non-hydrogen) atoms. The molecular formula is C19H19N3O6. The second-order valence-corrected chi connectivity index (χ2v) is 6.53. The van der Waals surface area contributed by atoms with E-state index in [9.17, 15) is 24.8 Å². The van der Waals surface area contributed by atoms with Crippen LogP contribution in [0.4, 0.5) is 17.1 Å². The zero-order valence-corrected chi connectivity index (χ0v) is 15.3. The number of ether oxygens (including phenoxy) is 1. The third-order valence-electron chi connectivity index (χ3n) is 4.57. The molecule has 1 unspecified atom stereocenters. The van der Waals surface area contributed by atoms with E-state index in [1.165, 1.54) is 24.1 Å². The first kappa shape index (κ1) is 19.2. The lowest BCUT2D eigenvalue weighted by atomic mass is 10.1. The van der Waals surface area contributed by atoms with Crippen LogP contribution in [0.25, 0.3) is 0 Å². The lowest BCUT2D eigenvalue weighted by Gasteiger charge is -2.20. The van der Waals surface area contributed by atoms with Crippen LogP contribution in [0, 0.1) is 23.0 Å². The Morgan fingerprint density at radius 2 is 2.07 bits per heavy atom. The minimum absolute atomic E-state index is 0.0106. The molecule has 2 N–H and O–H groups in total. The van der Waals surface area contributed by atoms with E-state index in [0.717, 1.165) is 11.6 Å². The van der Waals surface area contributed by atoms with Crippen LogP contribution in [-0.2, 0) is 9.59 Å². The van der Waals surface area contributed by atoms with Gasteiger partial charge in [-0.15, -0.1) is 0 Å². The molecule has 1 saturated heterocycles. The number of non-ortho nitro benzene ring substituents is 1. The minimum atomic E-state index is -0.645. The Bertz CT molecular complexity index is 959. The normalized spacial score (nSPS) is 16.1. The number of aromatic hydroxyl groups is 1. The van der Waals surface area contributed by atoms with Crippen molar-refractivity contribution in [1.82, 2.24) is 0 Å². The van der Waals surface area contributed by atoms with Gasteiger partial charge in [0.25, 0.3) is 5.69 Å². The first-order chi connectivity index (χ1) is 13.3. The van der Waals surface area contributed by atoms with Gasteiger partial charge in [-0.25, -0.2) is 0 Å². The highest BCUT2D eigenvalue weighted by Crippen LogP contribution is 2.35. The molecule has 1 aliphatic heterocycles. The summed E-state index contributed by atoms with van der Waals surface area (Å²) in [5.74, 6) is -1.17. The van der Waals surface area contributed by atoms with Crippen molar-refractivity contribution in [1.29, 1.82) is 0 Å². The van der Waals surface area contributed by atoms with Crippen LogP contribution >= 0.6 is 0 Å². The van der Waals surface area contributed by atoms with Crippen LogP contribution in [0.3, 0.4) is 0 Å². The number of hydrogen-bond acceptors (Lipinski definition) is 6. The number of benzene rings is 2. The summed E-state index contributed by atoms with van der Waals surface area (Å²) in [6.07, 6.45) is 0.0106. The van der Waals surface area contributed by atoms with E-state index in [4.69, 9.17) is 4.74 Å². The maximum atomic E-state index is 12.6. The van der Waals surface area contributed by atoms with Gasteiger partial charge in [-0.3, -0.25) is 19.7 Å². The van der Waals surface area contributed by atoms with Gasteiger partial charge < -0.3 is 20.1 Å². The van der Waals surface area contributed by atoms with Crippen LogP contribution < -0.4 is 15.0 Å². The predicted molar refractivity (Wildman–Crippen MR) is 102 cm³/mol. The smallest absolute Gasteiger partial charge is 0.273 e. The highest BCUT2D eigenvalue weighted by atomic mass is 16.6. The zero-order valence-electron chi connectivity index (χ0n) is 15.3. The second-order valence-electron chi connectivity index (χ2n) is 6.53. The molecular weight excluding hydrogens is 366 g/mol. The molecule has 2 amide bonds. The molecule has 146 valence electrons. The van der Waals surface area contributed by atoms with Crippen molar-refractivity contribution in [3.63, 3.8) is 0 Å². The lowest BCUT2D eigenvalue weighted by Crippen LogP contribution is -2.28. The second kappa shape index (κ2) is 7.55. The monoisotopic (exact) mass is 385 g/mol. The largest absolute Gasteiger partial charge is 0.506 e. The first-order valence-corrected chi connectivity index (χ1v) is 8.53. The number of carbonyl (C=O) groups excluding carboxylic acids is 2. The molecule has 0 aromatic heterocycles. The maximum absolute atomic E-state index is 12.6. The Hall–Kier alpha value is -3.62. The van der Waals surface area contributed by atoms with Crippen molar-refractivity contribution in [2.45, 2.75) is 13.3 Å². The number of carbonyl (C=O) groups is 2. The molecule has 1 aliphatic rings. The van der Waals surface area contributed by atoms with Crippen molar-refractivity contribution in [3.05, 3.63) is 52.1 Å². The van der Waals surface area contributed by atoms with E-state index in [1.807, 2.05) is 19.1 Å². The van der Waals surface area contributed by atoms with E-state index >= 15 is 0 Å². The van der Waals surface area contributed by atoms with Gasteiger partial charge >= 0.3 is 0 Å². The Labute approximate surface area is 160 Å². The van der Waals surface area contributed by atoms with E-state index in [2.05, 4.69) is 5.32 Å². The summed E-state index contributed by atoms with van der Waals surface area (Å²) in [5, 5.41) is 23.2. The van der Waals surface area contributed by atoms with Gasteiger partial charge in [0.15, 0.2) is 0 Å². The fourth-order valence-corrected chi connectivity index (χ4v) is 3.10. The van der Waals surface area contributed by atoms with Gasteiger partial charge in [0.2, 0.25) is 11.8 Å². The van der Waals surface area contributed by atoms with Crippen LogP contribution in [0.5, 0.6) is 11.5 Å². The van der Waals surface area contributed by atoms with Crippen molar-refractivity contribution in [2.24, 2.45) is 5.92 Å². The number of nitro benzene ring substituents is 1. The third kappa shape index (κ3) is 3.73. The molecule has 3 rings (SSSR count). The Kier molecular flexibility index (Phi) is 5.16. The predicted octanol–water partition coefficient (Wildman–Crippen LogP) is 2.61. The van der Waals surface area contributed by atoms with E-state index in [-0.39, 0.29) is 30.2 Å². The Morgan fingerprint density at radius 3 is 2.71 bits per heavy atom. The Balaban J connectivity index is 1.76. The van der Waals surface area contributed by atoms with Gasteiger partial charge in [0, 0.05) is 19.0 Å².